The van der Waals surface area contributed by atoms with Gasteiger partial charge in [-0.1, -0.05) is 41.9 Å². The summed E-state index contributed by atoms with van der Waals surface area (Å²) in [7, 11) is 4.04. The Labute approximate surface area is 184 Å². The zero-order valence-corrected chi connectivity index (χ0v) is 18.7. The van der Waals surface area contributed by atoms with Crippen molar-refractivity contribution in [1.82, 2.24) is 20.0 Å². The largest absolute Gasteiger partial charge is 0.349 e. The molecular formula is C23H23ClN4OS. The number of aryl methyl sites for hydroxylation is 1. The quantitative estimate of drug-likeness (QED) is 0.456. The molecule has 1 N–H and O–H groups in total. The number of nitrogens with one attached hydrogen (secondary N) is 1. The molecule has 2 aromatic carbocycles. The van der Waals surface area contributed by atoms with Gasteiger partial charge in [0.2, 0.25) is 0 Å². The summed E-state index contributed by atoms with van der Waals surface area (Å²) in [5, 5.41) is 9.40. The van der Waals surface area contributed by atoms with E-state index >= 15 is 0 Å². The summed E-state index contributed by atoms with van der Waals surface area (Å²) in [6.45, 7) is 2.49. The lowest BCUT2D eigenvalue weighted by Crippen LogP contribution is -2.34. The van der Waals surface area contributed by atoms with Crippen molar-refractivity contribution >= 4 is 39.1 Å². The van der Waals surface area contributed by atoms with Crippen LogP contribution in [-0.2, 0) is 0 Å². The van der Waals surface area contributed by atoms with Gasteiger partial charge in [-0.3, -0.25) is 4.79 Å². The number of aromatic nitrogens is 2. The molecule has 0 fully saturated rings. The Balaban J connectivity index is 1.56. The average molecular weight is 439 g/mol. The van der Waals surface area contributed by atoms with Gasteiger partial charge in [0.25, 0.3) is 5.91 Å². The topological polar surface area (TPSA) is 50.2 Å². The molecule has 0 spiro atoms. The predicted octanol–water partition coefficient (Wildman–Crippen LogP) is 5.08. The van der Waals surface area contributed by atoms with Crippen molar-refractivity contribution in [2.45, 2.75) is 13.0 Å². The molecule has 0 saturated carbocycles. The monoisotopic (exact) mass is 438 g/mol. The summed E-state index contributed by atoms with van der Waals surface area (Å²) in [5.74, 6) is -0.0685. The molecule has 0 aliphatic carbocycles. The van der Waals surface area contributed by atoms with E-state index in [4.69, 9.17) is 11.6 Å². The lowest BCUT2D eigenvalue weighted by atomic mass is 10.1. The Kier molecular flexibility index (Phi) is 5.90. The number of benzene rings is 2. The number of amides is 1. The Morgan fingerprint density at radius 2 is 1.87 bits per heavy atom. The normalized spacial score (nSPS) is 12.4. The molecule has 0 aliphatic heterocycles. The van der Waals surface area contributed by atoms with E-state index in [1.165, 1.54) is 16.9 Å². The molecule has 1 amide bonds. The van der Waals surface area contributed by atoms with Crippen molar-refractivity contribution in [2.24, 2.45) is 0 Å². The van der Waals surface area contributed by atoms with Crippen LogP contribution in [0.4, 0.5) is 0 Å². The number of carbonyl (C=O) groups is 1. The third-order valence-corrected chi connectivity index (χ3v) is 6.46. The number of thiophene rings is 1. The maximum atomic E-state index is 12.9. The Morgan fingerprint density at radius 3 is 2.53 bits per heavy atom. The molecular weight excluding hydrogens is 416 g/mol. The molecule has 4 rings (SSSR count). The fourth-order valence-electron chi connectivity index (χ4n) is 3.47. The lowest BCUT2D eigenvalue weighted by Gasteiger charge is -2.25. The van der Waals surface area contributed by atoms with Crippen LogP contribution in [0.2, 0.25) is 5.02 Å². The summed E-state index contributed by atoms with van der Waals surface area (Å²) in [6, 6.07) is 19.8. The highest BCUT2D eigenvalue weighted by Gasteiger charge is 2.19. The van der Waals surface area contributed by atoms with Crippen LogP contribution < -0.4 is 5.32 Å². The van der Waals surface area contributed by atoms with Gasteiger partial charge < -0.3 is 10.2 Å². The molecule has 0 radical (unpaired) electrons. The molecule has 2 heterocycles. The van der Waals surface area contributed by atoms with Crippen molar-refractivity contribution in [2.75, 3.05) is 20.6 Å². The molecule has 4 aromatic rings. The van der Waals surface area contributed by atoms with Crippen LogP contribution in [0, 0.1) is 6.92 Å². The number of carbonyl (C=O) groups excluding carboxylic acids is 1. The van der Waals surface area contributed by atoms with Gasteiger partial charge in [-0.15, -0.1) is 11.3 Å². The van der Waals surface area contributed by atoms with Crippen LogP contribution in [0.25, 0.3) is 15.9 Å². The summed E-state index contributed by atoms with van der Waals surface area (Å²) in [6.07, 6.45) is 0. The summed E-state index contributed by atoms with van der Waals surface area (Å²) >= 11 is 7.46. The van der Waals surface area contributed by atoms with Gasteiger partial charge >= 0.3 is 0 Å². The maximum Gasteiger partial charge on any atom is 0.261 e. The third-order valence-electron chi connectivity index (χ3n) is 5.10. The first-order chi connectivity index (χ1) is 14.4. The number of halogens is 1. The first-order valence-electron chi connectivity index (χ1n) is 9.68. The highest BCUT2D eigenvalue weighted by Crippen LogP contribution is 2.31. The van der Waals surface area contributed by atoms with E-state index in [1.54, 1.807) is 0 Å². The van der Waals surface area contributed by atoms with Gasteiger partial charge in [0.1, 0.15) is 4.83 Å². The van der Waals surface area contributed by atoms with Gasteiger partial charge in [-0.2, -0.15) is 5.10 Å². The Bertz CT molecular complexity index is 1170. The molecule has 154 valence electrons. The van der Waals surface area contributed by atoms with E-state index in [2.05, 4.69) is 27.4 Å². The summed E-state index contributed by atoms with van der Waals surface area (Å²) in [4.78, 5) is 16.7. The maximum absolute atomic E-state index is 12.9. The van der Waals surface area contributed by atoms with Gasteiger partial charge in [-0.05, 0) is 56.9 Å². The second-order valence-electron chi connectivity index (χ2n) is 7.40. The van der Waals surface area contributed by atoms with E-state index < -0.39 is 0 Å². The predicted molar refractivity (Wildman–Crippen MR) is 124 cm³/mol. The van der Waals surface area contributed by atoms with Crippen LogP contribution >= 0.6 is 22.9 Å². The summed E-state index contributed by atoms with van der Waals surface area (Å²) in [5.41, 5.74) is 2.99. The molecule has 0 saturated heterocycles. The first kappa shape index (κ1) is 20.6. The fourth-order valence-corrected chi connectivity index (χ4v) is 4.69. The summed E-state index contributed by atoms with van der Waals surface area (Å²) < 4.78 is 1.87. The van der Waals surface area contributed by atoms with Crippen LogP contribution in [-0.4, -0.2) is 41.2 Å². The molecule has 2 aromatic heterocycles. The zero-order valence-electron chi connectivity index (χ0n) is 17.1. The van der Waals surface area contributed by atoms with E-state index in [1.807, 2.05) is 74.2 Å². The van der Waals surface area contributed by atoms with Crippen molar-refractivity contribution in [3.63, 3.8) is 0 Å². The zero-order chi connectivity index (χ0) is 21.3. The van der Waals surface area contributed by atoms with Crippen LogP contribution in [0.5, 0.6) is 0 Å². The van der Waals surface area contributed by atoms with Crippen LogP contribution in [0.1, 0.15) is 27.0 Å². The van der Waals surface area contributed by atoms with Gasteiger partial charge in [0.15, 0.2) is 0 Å². The minimum Gasteiger partial charge on any atom is -0.349 e. The van der Waals surface area contributed by atoms with Gasteiger partial charge in [0.05, 0.1) is 22.3 Å². The van der Waals surface area contributed by atoms with E-state index in [9.17, 15) is 4.79 Å². The lowest BCUT2D eigenvalue weighted by molar-refractivity contribution is 0.0946. The Morgan fingerprint density at radius 1 is 1.17 bits per heavy atom. The van der Waals surface area contributed by atoms with Gasteiger partial charge in [0, 0.05) is 17.0 Å². The second-order valence-corrected chi connectivity index (χ2v) is 8.87. The molecule has 0 unspecified atom stereocenters. The average Bonchev–Trinajstić information content (AvgIpc) is 3.30. The molecule has 0 aliphatic rings. The van der Waals surface area contributed by atoms with Crippen molar-refractivity contribution < 1.29 is 4.79 Å². The first-order valence-corrected chi connectivity index (χ1v) is 10.9. The minimum absolute atomic E-state index is 0.0685. The number of nitrogens with zero attached hydrogens (tertiary/aromatic N) is 3. The van der Waals surface area contributed by atoms with Crippen LogP contribution in [0.15, 0.2) is 60.7 Å². The van der Waals surface area contributed by atoms with Crippen molar-refractivity contribution in [3.05, 3.63) is 81.8 Å². The van der Waals surface area contributed by atoms with Crippen molar-refractivity contribution in [1.29, 1.82) is 0 Å². The molecule has 1 atom stereocenters. The minimum atomic E-state index is -0.0685. The standard InChI is InChI=1S/C23H23ClN4OS/c1-15-19-13-21(30-23(19)28(26-15)18-11-9-17(24)10-12-18)22(29)25-14-20(27(2)3)16-7-5-4-6-8-16/h4-13,20H,14H2,1-3H3,(H,25,29)/t20-/m1/s1. The molecule has 5 nitrogen and oxygen atoms in total. The fraction of sp³-hybridized carbons (Fsp3) is 0.217. The second kappa shape index (κ2) is 8.60. The van der Waals surface area contributed by atoms with Crippen LogP contribution in [0.3, 0.4) is 0 Å². The molecule has 0 bridgehead atoms. The highest BCUT2D eigenvalue weighted by atomic mass is 35.5. The van der Waals surface area contributed by atoms with E-state index in [0.29, 0.717) is 16.4 Å². The number of hydrogen-bond donors (Lipinski definition) is 1. The number of rotatable bonds is 6. The Hall–Kier alpha value is -2.67. The highest BCUT2D eigenvalue weighted by molar-refractivity contribution is 7.20. The molecule has 30 heavy (non-hydrogen) atoms. The SMILES string of the molecule is Cc1nn(-c2ccc(Cl)cc2)c2sc(C(=O)NC[C@H](c3ccccc3)N(C)C)cc12. The van der Waals surface area contributed by atoms with Gasteiger partial charge in [-0.25, -0.2) is 4.68 Å². The van der Waals surface area contributed by atoms with E-state index in [0.717, 1.165) is 21.6 Å². The smallest absolute Gasteiger partial charge is 0.261 e. The molecule has 7 heteroatoms. The number of fused-ring (bicyclic) bond motifs is 1. The number of hydrogen-bond acceptors (Lipinski definition) is 4. The van der Waals surface area contributed by atoms with Crippen molar-refractivity contribution in [3.8, 4) is 5.69 Å². The van der Waals surface area contributed by atoms with E-state index in [-0.39, 0.29) is 11.9 Å². The number of likely N-dealkylation sites (N-methyl/N-ethyl adjacent to an activating group) is 1. The third kappa shape index (κ3) is 4.12.